The van der Waals surface area contributed by atoms with E-state index in [-0.39, 0.29) is 16.3 Å². The van der Waals surface area contributed by atoms with Gasteiger partial charge in [0.1, 0.15) is 46.9 Å². The second-order valence-corrected chi connectivity index (χ2v) is 5.00. The van der Waals surface area contributed by atoms with Crippen LogP contribution >= 0.6 is 0 Å². The molecule has 130 valence electrons. The summed E-state index contributed by atoms with van der Waals surface area (Å²) in [5, 5.41) is 35.3. The van der Waals surface area contributed by atoms with Gasteiger partial charge in [-0.25, -0.2) is 4.39 Å². The molecule has 2 aromatic rings. The Balaban J connectivity index is 3.07. The molecule has 0 aliphatic rings. The van der Waals surface area contributed by atoms with Crippen LogP contribution in [0.5, 0.6) is 0 Å². The Labute approximate surface area is 149 Å². The standard InChI is InChI=1S/C18H5F4N5/c19-16-5-14(11(6-23)7-24)13(4-15(16)12(8-25)9-26)10-1-2-27-17(3-10)18(20,21)22/h1-5H. The Hall–Kier alpha value is -4.21. The number of halogens is 4. The highest BCUT2D eigenvalue weighted by atomic mass is 19.4. The maximum atomic E-state index is 14.3. The Morgan fingerprint density at radius 1 is 0.852 bits per heavy atom. The molecule has 1 aromatic heterocycles. The van der Waals surface area contributed by atoms with Gasteiger partial charge in [-0.2, -0.15) is 34.2 Å². The highest BCUT2D eigenvalue weighted by molar-refractivity contribution is 5.80. The summed E-state index contributed by atoms with van der Waals surface area (Å²) in [6.45, 7) is 0. The zero-order valence-electron chi connectivity index (χ0n) is 13.1. The zero-order valence-corrected chi connectivity index (χ0v) is 13.1. The monoisotopic (exact) mass is 367 g/mol. The van der Waals surface area contributed by atoms with Crippen molar-refractivity contribution < 1.29 is 17.6 Å². The van der Waals surface area contributed by atoms with E-state index in [1.165, 1.54) is 18.2 Å². The fourth-order valence-corrected chi connectivity index (χ4v) is 2.25. The number of alkyl halides is 3. The van der Waals surface area contributed by atoms with E-state index in [9.17, 15) is 17.6 Å². The smallest absolute Gasteiger partial charge is 0.252 e. The lowest BCUT2D eigenvalue weighted by Crippen LogP contribution is -2.20. The van der Waals surface area contributed by atoms with Crippen LogP contribution in [0.1, 0.15) is 5.69 Å². The van der Waals surface area contributed by atoms with E-state index in [1.807, 2.05) is 0 Å². The van der Waals surface area contributed by atoms with Gasteiger partial charge in [0.2, 0.25) is 0 Å². The molecule has 0 unspecified atom stereocenters. The number of nitrogens with zero attached hydrogens (tertiary/aromatic N) is 5. The van der Waals surface area contributed by atoms with Gasteiger partial charge in [-0.1, -0.05) is 0 Å². The fraction of sp³-hybridized carbons (Fsp3) is 0.0556. The summed E-state index contributed by atoms with van der Waals surface area (Å²) in [5.74, 6) is -1.07. The van der Waals surface area contributed by atoms with E-state index in [4.69, 9.17) is 21.0 Å². The highest BCUT2D eigenvalue weighted by Crippen LogP contribution is 2.29. The van der Waals surface area contributed by atoms with Crippen molar-refractivity contribution >= 4 is 11.1 Å². The summed E-state index contributed by atoms with van der Waals surface area (Å²) in [6.07, 6.45) is -3.89. The van der Waals surface area contributed by atoms with Gasteiger partial charge < -0.3 is 0 Å². The van der Waals surface area contributed by atoms with Crippen LogP contribution in [0.2, 0.25) is 0 Å². The molecule has 5 nitrogen and oxygen atoms in total. The van der Waals surface area contributed by atoms with Gasteiger partial charge in [0.25, 0.3) is 0 Å². The van der Waals surface area contributed by atoms with Crippen LogP contribution in [0.25, 0.3) is 22.3 Å². The van der Waals surface area contributed by atoms with Crippen molar-refractivity contribution in [2.24, 2.45) is 0 Å². The third-order valence-electron chi connectivity index (χ3n) is 3.45. The number of nitriles is 4. The zero-order chi connectivity index (χ0) is 20.2. The molecule has 9 heteroatoms. The van der Waals surface area contributed by atoms with Crippen molar-refractivity contribution in [2.75, 3.05) is 0 Å². The first-order chi connectivity index (χ1) is 12.8. The minimum absolute atomic E-state index is 0.119. The number of hydrogen-bond donors (Lipinski definition) is 0. The van der Waals surface area contributed by atoms with E-state index in [1.54, 1.807) is 12.1 Å². The lowest BCUT2D eigenvalue weighted by molar-refractivity contribution is -0.141. The first kappa shape index (κ1) is 19.1. The van der Waals surface area contributed by atoms with Gasteiger partial charge in [0, 0.05) is 16.6 Å². The number of rotatable bonds is 1. The van der Waals surface area contributed by atoms with Gasteiger partial charge in [-0.15, -0.1) is 0 Å². The van der Waals surface area contributed by atoms with E-state index in [0.29, 0.717) is 6.07 Å². The first-order valence-corrected chi connectivity index (χ1v) is 6.99. The number of aromatic nitrogens is 1. The second kappa shape index (κ2) is 7.35. The van der Waals surface area contributed by atoms with Crippen LogP contribution in [-0.4, -0.2) is 4.98 Å². The summed E-state index contributed by atoms with van der Waals surface area (Å²) in [5.41, 5.74) is -2.64. The first-order valence-electron chi connectivity index (χ1n) is 6.99. The molecule has 0 aliphatic heterocycles. The summed E-state index contributed by atoms with van der Waals surface area (Å²) >= 11 is 0. The minimum Gasteiger partial charge on any atom is -0.252 e. The molecule has 0 atom stereocenters. The van der Waals surface area contributed by atoms with Gasteiger partial charge in [-0.3, -0.25) is 4.98 Å². The predicted molar refractivity (Wildman–Crippen MR) is 83.2 cm³/mol. The average molecular weight is 367 g/mol. The lowest BCUT2D eigenvalue weighted by atomic mass is 9.98. The van der Waals surface area contributed by atoms with Crippen LogP contribution in [0, 0.1) is 51.1 Å². The average Bonchev–Trinajstić information content (AvgIpc) is 2.64. The molecule has 0 aliphatic carbocycles. The number of hydrogen-bond acceptors (Lipinski definition) is 5. The molecule has 0 amide bonds. The molecule has 0 fully saturated rings. The summed E-state index contributed by atoms with van der Waals surface area (Å²) in [7, 11) is 0. The van der Waals surface area contributed by atoms with Crippen LogP contribution in [0.4, 0.5) is 17.6 Å². The van der Waals surface area contributed by atoms with Crippen molar-refractivity contribution in [3.63, 3.8) is 0 Å². The third-order valence-corrected chi connectivity index (χ3v) is 3.45. The van der Waals surface area contributed by atoms with Crippen molar-refractivity contribution in [3.05, 3.63) is 52.4 Å². The Morgan fingerprint density at radius 2 is 1.41 bits per heavy atom. The molecule has 0 radical (unpaired) electrons. The third kappa shape index (κ3) is 3.74. The van der Waals surface area contributed by atoms with Crippen molar-refractivity contribution in [1.29, 1.82) is 21.0 Å². The number of pyridine rings is 1. The SMILES string of the molecule is N#CC(C#N)=c1cc(-c2ccnc(C(F)(F)F)c2)c(=C(C#N)C#N)cc1F. The Kier molecular flexibility index (Phi) is 5.21. The van der Waals surface area contributed by atoms with Crippen LogP contribution in [-0.2, 0) is 6.18 Å². The molecule has 1 heterocycles. The van der Waals surface area contributed by atoms with Crippen LogP contribution in [0.3, 0.4) is 0 Å². The predicted octanol–water partition coefficient (Wildman–Crippen LogP) is 2.30. The van der Waals surface area contributed by atoms with Crippen molar-refractivity contribution in [3.8, 4) is 35.4 Å². The molecular weight excluding hydrogens is 362 g/mol. The molecule has 0 N–H and O–H groups in total. The Morgan fingerprint density at radius 3 is 1.93 bits per heavy atom. The normalized spacial score (nSPS) is 10.1. The quantitative estimate of drug-likeness (QED) is 0.719. The molecule has 0 saturated heterocycles. The van der Waals surface area contributed by atoms with Crippen molar-refractivity contribution in [2.45, 2.75) is 6.18 Å². The number of benzene rings is 1. The van der Waals surface area contributed by atoms with Gasteiger partial charge in [0.05, 0.1) is 0 Å². The molecule has 0 spiro atoms. The molecule has 2 rings (SSSR count). The maximum Gasteiger partial charge on any atom is 0.433 e. The minimum atomic E-state index is -4.76. The largest absolute Gasteiger partial charge is 0.433 e. The lowest BCUT2D eigenvalue weighted by Gasteiger charge is -2.09. The van der Waals surface area contributed by atoms with Crippen LogP contribution in [0.15, 0.2) is 30.5 Å². The molecule has 0 saturated carbocycles. The molecule has 1 aromatic carbocycles. The van der Waals surface area contributed by atoms with Gasteiger partial charge in [-0.05, 0) is 35.4 Å². The highest BCUT2D eigenvalue weighted by Gasteiger charge is 2.32. The second-order valence-electron chi connectivity index (χ2n) is 5.00. The van der Waals surface area contributed by atoms with Crippen LogP contribution < -0.4 is 10.4 Å². The summed E-state index contributed by atoms with van der Waals surface area (Å²) in [6, 6.07) is 9.57. The maximum absolute atomic E-state index is 14.3. The Bertz CT molecular complexity index is 1180. The van der Waals surface area contributed by atoms with E-state index in [0.717, 1.165) is 18.3 Å². The van der Waals surface area contributed by atoms with Crippen molar-refractivity contribution in [1.82, 2.24) is 4.98 Å². The van der Waals surface area contributed by atoms with Gasteiger partial charge in [0.15, 0.2) is 0 Å². The molecule has 27 heavy (non-hydrogen) atoms. The van der Waals surface area contributed by atoms with E-state index in [2.05, 4.69) is 4.98 Å². The van der Waals surface area contributed by atoms with E-state index < -0.39 is 34.1 Å². The van der Waals surface area contributed by atoms with E-state index >= 15 is 0 Å². The molecule has 0 bridgehead atoms. The summed E-state index contributed by atoms with van der Waals surface area (Å²) < 4.78 is 53.1. The van der Waals surface area contributed by atoms with Gasteiger partial charge >= 0.3 is 6.18 Å². The topological polar surface area (TPSA) is 108 Å². The fourth-order valence-electron chi connectivity index (χ4n) is 2.25. The molecular formula is C18H5F4N5. The summed E-state index contributed by atoms with van der Waals surface area (Å²) in [4.78, 5) is 3.21.